The highest BCUT2D eigenvalue weighted by atomic mass is 16.5. The van der Waals surface area contributed by atoms with Crippen LogP contribution in [0.25, 0.3) is 10.9 Å². The molecule has 0 spiro atoms. The number of nitrogens with two attached hydrogens (primary N) is 1. The third kappa shape index (κ3) is 3.04. The Balaban J connectivity index is 2.03. The maximum Gasteiger partial charge on any atom is 0.307 e. The predicted octanol–water partition coefficient (Wildman–Crippen LogP) is 1.04. The summed E-state index contributed by atoms with van der Waals surface area (Å²) in [5.41, 5.74) is 7.59. The molecule has 0 unspecified atom stereocenters. The molecule has 100 valence electrons. The van der Waals surface area contributed by atoms with Crippen LogP contribution in [0.15, 0.2) is 24.3 Å². The number of H-pyrrole nitrogens is 1. The van der Waals surface area contributed by atoms with Crippen LogP contribution in [0.5, 0.6) is 0 Å². The van der Waals surface area contributed by atoms with Crippen LogP contribution in [0.1, 0.15) is 16.9 Å². The summed E-state index contributed by atoms with van der Waals surface area (Å²) in [6.45, 7) is 0.239. The molecule has 6 heteroatoms. The number of aromatic amines is 1. The lowest BCUT2D eigenvalue weighted by Gasteiger charge is -2.02. The van der Waals surface area contributed by atoms with Crippen molar-refractivity contribution in [2.24, 2.45) is 0 Å². The molecular formula is C13H15N3O3. The molecule has 0 saturated carbocycles. The standard InChI is InChI=1S/C13H15N3O3/c1-19-12(17)4-5-15-13(18)11-7-8-6-9(14)2-3-10(8)16-11/h2-3,6-7,16H,4-5,14H2,1H3,(H,15,18). The van der Waals surface area contributed by atoms with Gasteiger partial charge in [-0.3, -0.25) is 9.59 Å². The molecule has 4 N–H and O–H groups in total. The summed E-state index contributed by atoms with van der Waals surface area (Å²) in [6, 6.07) is 7.09. The SMILES string of the molecule is COC(=O)CCNC(=O)c1cc2cc(N)ccc2[nH]1. The number of hydrogen-bond acceptors (Lipinski definition) is 4. The largest absolute Gasteiger partial charge is 0.469 e. The first-order valence-corrected chi connectivity index (χ1v) is 5.83. The third-order valence-corrected chi connectivity index (χ3v) is 2.73. The van der Waals surface area contributed by atoms with Crippen molar-refractivity contribution in [1.82, 2.24) is 10.3 Å². The molecule has 1 heterocycles. The zero-order chi connectivity index (χ0) is 13.8. The molecule has 0 fully saturated rings. The predicted molar refractivity (Wildman–Crippen MR) is 71.7 cm³/mol. The average Bonchev–Trinajstić information content (AvgIpc) is 2.81. The van der Waals surface area contributed by atoms with Crippen molar-refractivity contribution in [3.63, 3.8) is 0 Å². The van der Waals surface area contributed by atoms with Crippen molar-refractivity contribution in [2.45, 2.75) is 6.42 Å². The minimum absolute atomic E-state index is 0.148. The zero-order valence-electron chi connectivity index (χ0n) is 10.5. The Morgan fingerprint density at radius 1 is 1.37 bits per heavy atom. The van der Waals surface area contributed by atoms with Gasteiger partial charge in [0.2, 0.25) is 0 Å². The van der Waals surface area contributed by atoms with Crippen LogP contribution in [0.4, 0.5) is 5.69 Å². The summed E-state index contributed by atoms with van der Waals surface area (Å²) in [5.74, 6) is -0.622. The molecule has 19 heavy (non-hydrogen) atoms. The number of nitrogens with one attached hydrogen (secondary N) is 2. The molecular weight excluding hydrogens is 246 g/mol. The fourth-order valence-corrected chi connectivity index (χ4v) is 1.75. The number of nitrogen functional groups attached to an aromatic ring is 1. The number of amides is 1. The Bertz CT molecular complexity index is 619. The number of benzene rings is 1. The first-order chi connectivity index (χ1) is 9.10. The Labute approximate surface area is 109 Å². The minimum Gasteiger partial charge on any atom is -0.469 e. The van der Waals surface area contributed by atoms with Crippen LogP contribution in [0, 0.1) is 0 Å². The van der Waals surface area contributed by atoms with Gasteiger partial charge in [0.05, 0.1) is 13.5 Å². The van der Waals surface area contributed by atoms with Crippen molar-refractivity contribution in [3.8, 4) is 0 Å². The quantitative estimate of drug-likeness (QED) is 0.566. The Hall–Kier alpha value is -2.50. The molecule has 1 aromatic heterocycles. The number of ether oxygens (including phenoxy) is 1. The highest BCUT2D eigenvalue weighted by Gasteiger charge is 2.10. The molecule has 0 atom stereocenters. The van der Waals surface area contributed by atoms with Crippen LogP contribution < -0.4 is 11.1 Å². The monoisotopic (exact) mass is 261 g/mol. The van der Waals surface area contributed by atoms with Crippen molar-refractivity contribution >= 4 is 28.5 Å². The summed E-state index contributed by atoms with van der Waals surface area (Å²) >= 11 is 0. The maximum atomic E-state index is 11.8. The molecule has 0 radical (unpaired) electrons. The molecule has 0 aliphatic carbocycles. The van der Waals surface area contributed by atoms with Gasteiger partial charge in [0.25, 0.3) is 5.91 Å². The number of hydrogen-bond donors (Lipinski definition) is 3. The summed E-state index contributed by atoms with van der Waals surface area (Å²) in [6.07, 6.45) is 0.148. The van der Waals surface area contributed by atoms with Crippen molar-refractivity contribution in [2.75, 3.05) is 19.4 Å². The van der Waals surface area contributed by atoms with Crippen LogP contribution in [-0.2, 0) is 9.53 Å². The van der Waals surface area contributed by atoms with Gasteiger partial charge in [-0.2, -0.15) is 0 Å². The minimum atomic E-state index is -0.357. The van der Waals surface area contributed by atoms with E-state index < -0.39 is 0 Å². The van der Waals surface area contributed by atoms with Gasteiger partial charge in [-0.25, -0.2) is 0 Å². The maximum absolute atomic E-state index is 11.8. The second kappa shape index (κ2) is 5.43. The number of rotatable bonds is 4. The second-order valence-corrected chi connectivity index (χ2v) is 4.11. The smallest absolute Gasteiger partial charge is 0.307 e. The van der Waals surface area contributed by atoms with E-state index in [0.29, 0.717) is 11.4 Å². The number of carbonyl (C=O) groups excluding carboxylic acids is 2. The average molecular weight is 261 g/mol. The Morgan fingerprint density at radius 2 is 2.16 bits per heavy atom. The first kappa shape index (κ1) is 12.9. The van der Waals surface area contributed by atoms with Crippen LogP contribution in [0.2, 0.25) is 0 Å². The first-order valence-electron chi connectivity index (χ1n) is 5.83. The highest BCUT2D eigenvalue weighted by molar-refractivity contribution is 5.98. The number of carbonyl (C=O) groups is 2. The molecule has 2 rings (SSSR count). The fraction of sp³-hybridized carbons (Fsp3) is 0.231. The van der Waals surface area contributed by atoms with E-state index in [0.717, 1.165) is 10.9 Å². The van der Waals surface area contributed by atoms with Crippen molar-refractivity contribution in [1.29, 1.82) is 0 Å². The summed E-state index contributed by atoms with van der Waals surface area (Å²) < 4.78 is 4.49. The van der Waals surface area contributed by atoms with Crippen molar-refractivity contribution in [3.05, 3.63) is 30.0 Å². The molecule has 1 aromatic carbocycles. The molecule has 0 bridgehead atoms. The van der Waals surface area contributed by atoms with Gasteiger partial charge in [-0.15, -0.1) is 0 Å². The number of aromatic nitrogens is 1. The second-order valence-electron chi connectivity index (χ2n) is 4.11. The summed E-state index contributed by atoms with van der Waals surface area (Å²) in [5, 5.41) is 3.51. The summed E-state index contributed by atoms with van der Waals surface area (Å²) in [7, 11) is 1.31. The van der Waals surface area contributed by atoms with Gasteiger partial charge in [0.15, 0.2) is 0 Å². The van der Waals surface area contributed by atoms with Crippen molar-refractivity contribution < 1.29 is 14.3 Å². The third-order valence-electron chi connectivity index (χ3n) is 2.73. The molecule has 0 aliphatic heterocycles. The molecule has 2 aromatic rings. The van der Waals surface area contributed by atoms with Gasteiger partial charge in [-0.1, -0.05) is 0 Å². The highest BCUT2D eigenvalue weighted by Crippen LogP contribution is 2.18. The van der Waals surface area contributed by atoms with Crippen LogP contribution in [0.3, 0.4) is 0 Å². The lowest BCUT2D eigenvalue weighted by atomic mass is 10.2. The van der Waals surface area contributed by atoms with Crippen LogP contribution in [-0.4, -0.2) is 30.5 Å². The number of anilines is 1. The van der Waals surface area contributed by atoms with E-state index >= 15 is 0 Å². The molecule has 1 amide bonds. The summed E-state index contributed by atoms with van der Waals surface area (Å²) in [4.78, 5) is 25.7. The van der Waals surface area contributed by atoms with E-state index in [1.807, 2.05) is 6.07 Å². The topological polar surface area (TPSA) is 97.2 Å². The molecule has 0 aliphatic rings. The van der Waals surface area contributed by atoms with Crippen LogP contribution >= 0.6 is 0 Å². The Kier molecular flexibility index (Phi) is 3.70. The van der Waals surface area contributed by atoms with E-state index in [9.17, 15) is 9.59 Å². The normalized spacial score (nSPS) is 10.4. The Morgan fingerprint density at radius 3 is 2.89 bits per heavy atom. The lowest BCUT2D eigenvalue weighted by molar-refractivity contribution is -0.140. The van der Waals surface area contributed by atoms with Gasteiger partial charge in [0.1, 0.15) is 5.69 Å². The fourth-order valence-electron chi connectivity index (χ4n) is 1.75. The van der Waals surface area contributed by atoms with Gasteiger partial charge < -0.3 is 20.8 Å². The molecule has 6 nitrogen and oxygen atoms in total. The number of methoxy groups -OCH3 is 1. The molecule has 0 saturated heterocycles. The van der Waals surface area contributed by atoms with Gasteiger partial charge in [0, 0.05) is 23.1 Å². The zero-order valence-corrected chi connectivity index (χ0v) is 10.5. The van der Waals surface area contributed by atoms with E-state index in [1.54, 1.807) is 18.2 Å². The van der Waals surface area contributed by atoms with E-state index in [4.69, 9.17) is 5.73 Å². The lowest BCUT2D eigenvalue weighted by Crippen LogP contribution is -2.26. The number of fused-ring (bicyclic) bond motifs is 1. The van der Waals surface area contributed by atoms with E-state index in [-0.39, 0.29) is 24.8 Å². The van der Waals surface area contributed by atoms with E-state index in [1.165, 1.54) is 7.11 Å². The number of esters is 1. The van der Waals surface area contributed by atoms with E-state index in [2.05, 4.69) is 15.0 Å². The van der Waals surface area contributed by atoms with Gasteiger partial charge in [-0.05, 0) is 24.3 Å². The van der Waals surface area contributed by atoms with Gasteiger partial charge >= 0.3 is 5.97 Å².